The average Bonchev–Trinajstić information content (AvgIpc) is 3.03. The van der Waals surface area contributed by atoms with Crippen molar-refractivity contribution >= 4 is 11.5 Å². The minimum atomic E-state index is -0.608. The molecule has 2 aliphatic heterocycles. The maximum Gasteiger partial charge on any atom is 0.334 e. The summed E-state index contributed by atoms with van der Waals surface area (Å²) in [5.74, 6) is -0.0574. The summed E-state index contributed by atoms with van der Waals surface area (Å²) < 4.78 is 13.1. The molecule has 1 aromatic rings. The van der Waals surface area contributed by atoms with Gasteiger partial charge in [-0.1, -0.05) is 6.92 Å². The summed E-state index contributed by atoms with van der Waals surface area (Å²) in [6.07, 6.45) is 2.25. The molecule has 3 rings (SSSR count). The summed E-state index contributed by atoms with van der Waals surface area (Å²) in [7, 11) is 1.75. The number of anilines is 1. The number of aromatic nitrogens is 2. The van der Waals surface area contributed by atoms with Crippen LogP contribution in [0, 0.1) is 10.1 Å². The topological polar surface area (TPSA) is 82.7 Å². The van der Waals surface area contributed by atoms with Crippen LogP contribution in [-0.2, 0) is 22.9 Å². The fraction of sp³-hybridized carbons (Fsp3) is 0.769. The lowest BCUT2D eigenvalue weighted by molar-refractivity contribution is -0.384. The molecule has 2 fully saturated rings. The average molecular weight is 296 g/mol. The predicted octanol–water partition coefficient (Wildman–Crippen LogP) is 1.23. The van der Waals surface area contributed by atoms with Crippen molar-refractivity contribution < 1.29 is 14.4 Å². The minimum absolute atomic E-state index is 0.107. The van der Waals surface area contributed by atoms with Crippen molar-refractivity contribution in [2.45, 2.75) is 32.0 Å². The molecule has 0 amide bonds. The Bertz CT molecular complexity index is 551. The van der Waals surface area contributed by atoms with Crippen molar-refractivity contribution in [2.75, 3.05) is 31.2 Å². The van der Waals surface area contributed by atoms with E-state index in [1.54, 1.807) is 11.7 Å². The van der Waals surface area contributed by atoms with Gasteiger partial charge in [-0.2, -0.15) is 5.10 Å². The standard InChI is InChI=1S/C13H20N4O4/c1-3-10-11(17(18)19)12(15(2)14-10)16-6-4-5-13(9-16)20-7-8-21-13/h3-9H2,1-2H3. The van der Waals surface area contributed by atoms with Gasteiger partial charge < -0.3 is 14.4 Å². The zero-order valence-corrected chi connectivity index (χ0v) is 12.4. The lowest BCUT2D eigenvalue weighted by atomic mass is 10.0. The molecule has 116 valence electrons. The molecule has 0 radical (unpaired) electrons. The molecule has 0 aromatic carbocycles. The van der Waals surface area contributed by atoms with Crippen LogP contribution in [0.25, 0.3) is 0 Å². The highest BCUT2D eigenvalue weighted by atomic mass is 16.7. The Balaban J connectivity index is 1.96. The smallest absolute Gasteiger partial charge is 0.334 e. The van der Waals surface area contributed by atoms with Gasteiger partial charge in [-0.3, -0.25) is 10.1 Å². The summed E-state index contributed by atoms with van der Waals surface area (Å²) >= 11 is 0. The van der Waals surface area contributed by atoms with E-state index in [-0.39, 0.29) is 10.6 Å². The van der Waals surface area contributed by atoms with Crippen molar-refractivity contribution in [3.8, 4) is 0 Å². The van der Waals surface area contributed by atoms with Crippen LogP contribution in [0.5, 0.6) is 0 Å². The van der Waals surface area contributed by atoms with Crippen molar-refractivity contribution in [1.29, 1.82) is 0 Å². The predicted molar refractivity (Wildman–Crippen MR) is 75.3 cm³/mol. The van der Waals surface area contributed by atoms with Gasteiger partial charge in [0.25, 0.3) is 0 Å². The van der Waals surface area contributed by atoms with Crippen molar-refractivity contribution in [2.24, 2.45) is 7.05 Å². The number of hydrogen-bond donors (Lipinski definition) is 0. The first kappa shape index (κ1) is 14.3. The van der Waals surface area contributed by atoms with Crippen molar-refractivity contribution in [3.05, 3.63) is 15.8 Å². The fourth-order valence-corrected chi connectivity index (χ4v) is 3.24. The molecule has 0 atom stereocenters. The van der Waals surface area contributed by atoms with Crippen LogP contribution >= 0.6 is 0 Å². The molecule has 2 saturated heterocycles. The highest BCUT2D eigenvalue weighted by molar-refractivity contribution is 5.62. The monoisotopic (exact) mass is 296 g/mol. The summed E-state index contributed by atoms with van der Waals surface area (Å²) in [5, 5.41) is 15.7. The van der Waals surface area contributed by atoms with Crippen LogP contribution < -0.4 is 4.90 Å². The second-order valence-corrected chi connectivity index (χ2v) is 5.49. The van der Waals surface area contributed by atoms with Gasteiger partial charge >= 0.3 is 5.69 Å². The third-order valence-electron chi connectivity index (χ3n) is 4.11. The molecule has 0 saturated carbocycles. The van der Waals surface area contributed by atoms with Crippen LogP contribution in [0.3, 0.4) is 0 Å². The summed E-state index contributed by atoms with van der Waals surface area (Å²) in [6, 6.07) is 0. The summed E-state index contributed by atoms with van der Waals surface area (Å²) in [4.78, 5) is 13.1. The number of piperidine rings is 1. The first-order valence-corrected chi connectivity index (χ1v) is 7.29. The van der Waals surface area contributed by atoms with E-state index in [0.29, 0.717) is 37.7 Å². The van der Waals surface area contributed by atoms with Crippen molar-refractivity contribution in [1.82, 2.24) is 9.78 Å². The van der Waals surface area contributed by atoms with Gasteiger partial charge in [0.2, 0.25) is 5.82 Å². The van der Waals surface area contributed by atoms with E-state index in [4.69, 9.17) is 9.47 Å². The summed E-state index contributed by atoms with van der Waals surface area (Å²) in [5.41, 5.74) is 0.625. The Kier molecular flexibility index (Phi) is 3.58. The van der Waals surface area contributed by atoms with Crippen LogP contribution in [-0.4, -0.2) is 46.8 Å². The van der Waals surface area contributed by atoms with E-state index in [1.165, 1.54) is 0 Å². The number of nitrogens with zero attached hydrogens (tertiary/aromatic N) is 4. The highest BCUT2D eigenvalue weighted by Gasteiger charge is 2.43. The number of aryl methyl sites for hydroxylation is 2. The number of nitro groups is 1. The number of rotatable bonds is 3. The molecule has 8 nitrogen and oxygen atoms in total. The van der Waals surface area contributed by atoms with E-state index in [1.807, 2.05) is 11.8 Å². The van der Waals surface area contributed by atoms with Crippen LogP contribution in [0.1, 0.15) is 25.5 Å². The Morgan fingerprint density at radius 2 is 2.14 bits per heavy atom. The molecule has 0 unspecified atom stereocenters. The Hall–Kier alpha value is -1.67. The molecule has 2 aliphatic rings. The van der Waals surface area contributed by atoms with Gasteiger partial charge in [-0.25, -0.2) is 4.68 Å². The lowest BCUT2D eigenvalue weighted by Crippen LogP contribution is -2.49. The first-order valence-electron chi connectivity index (χ1n) is 7.29. The minimum Gasteiger partial charge on any atom is -0.346 e. The largest absolute Gasteiger partial charge is 0.346 e. The molecule has 0 N–H and O–H groups in total. The Morgan fingerprint density at radius 3 is 2.76 bits per heavy atom. The van der Waals surface area contributed by atoms with Crippen LogP contribution in [0.4, 0.5) is 11.5 Å². The highest BCUT2D eigenvalue weighted by Crippen LogP contribution is 2.37. The van der Waals surface area contributed by atoms with Gasteiger partial charge in [-0.05, 0) is 12.8 Å². The molecule has 0 bridgehead atoms. The van der Waals surface area contributed by atoms with Crippen LogP contribution in [0.2, 0.25) is 0 Å². The molecular weight excluding hydrogens is 276 g/mol. The van der Waals surface area contributed by atoms with E-state index in [0.717, 1.165) is 19.4 Å². The zero-order chi connectivity index (χ0) is 15.0. The Labute approximate surface area is 122 Å². The van der Waals surface area contributed by atoms with Gasteiger partial charge in [0.05, 0.1) is 24.7 Å². The SMILES string of the molecule is CCc1nn(C)c(N2CCCC3(C2)OCCO3)c1[N+](=O)[O-]. The van der Waals surface area contributed by atoms with Gasteiger partial charge in [0.15, 0.2) is 5.79 Å². The maximum absolute atomic E-state index is 11.4. The normalized spacial score (nSPS) is 21.1. The third-order valence-corrected chi connectivity index (χ3v) is 4.11. The molecular formula is C13H20N4O4. The van der Waals surface area contributed by atoms with E-state index < -0.39 is 5.79 Å². The number of ether oxygens (including phenoxy) is 2. The summed E-state index contributed by atoms with van der Waals surface area (Å²) in [6.45, 7) is 4.30. The number of hydrogen-bond acceptors (Lipinski definition) is 6. The van der Waals surface area contributed by atoms with Gasteiger partial charge in [0, 0.05) is 20.0 Å². The van der Waals surface area contributed by atoms with Gasteiger partial charge in [-0.15, -0.1) is 0 Å². The van der Waals surface area contributed by atoms with Crippen molar-refractivity contribution in [3.63, 3.8) is 0 Å². The molecule has 0 aliphatic carbocycles. The third kappa shape index (κ3) is 2.38. The van der Waals surface area contributed by atoms with E-state index >= 15 is 0 Å². The quantitative estimate of drug-likeness (QED) is 0.616. The fourth-order valence-electron chi connectivity index (χ4n) is 3.24. The first-order chi connectivity index (χ1) is 10.1. The second-order valence-electron chi connectivity index (χ2n) is 5.49. The van der Waals surface area contributed by atoms with Gasteiger partial charge in [0.1, 0.15) is 5.69 Å². The maximum atomic E-state index is 11.4. The molecule has 8 heteroatoms. The molecule has 1 spiro atoms. The van der Waals surface area contributed by atoms with Crippen LogP contribution in [0.15, 0.2) is 0 Å². The second kappa shape index (κ2) is 5.27. The van der Waals surface area contributed by atoms with E-state index in [9.17, 15) is 10.1 Å². The van der Waals surface area contributed by atoms with E-state index in [2.05, 4.69) is 5.10 Å². The molecule has 3 heterocycles. The zero-order valence-electron chi connectivity index (χ0n) is 12.4. The molecule has 1 aromatic heterocycles. The Morgan fingerprint density at radius 1 is 1.43 bits per heavy atom. The molecule has 21 heavy (non-hydrogen) atoms. The lowest BCUT2D eigenvalue weighted by Gasteiger charge is -2.39.